The molecular formula is C8H13BrClN3S. The van der Waals surface area contributed by atoms with Gasteiger partial charge in [0.05, 0.1) is 16.5 Å². The van der Waals surface area contributed by atoms with Gasteiger partial charge in [-0.15, -0.1) is 23.7 Å². The Kier molecular flexibility index (Phi) is 4.79. The number of likely N-dealkylation sites (tertiary alicyclic amines) is 1. The number of hydrogen-bond donors (Lipinski definition) is 1. The Morgan fingerprint density at radius 2 is 2.50 bits per heavy atom. The summed E-state index contributed by atoms with van der Waals surface area (Å²) in [4.78, 5) is 6.65. The standard InChI is InChI=1S/C8H12BrN3S.ClH/c9-7-3-11-8(13-7)5-12-2-1-6(10)4-12;/h3,6H,1-2,4-5,10H2;1H. The van der Waals surface area contributed by atoms with Crippen molar-refractivity contribution >= 4 is 39.7 Å². The highest BCUT2D eigenvalue weighted by Gasteiger charge is 2.19. The van der Waals surface area contributed by atoms with Gasteiger partial charge in [-0.25, -0.2) is 4.98 Å². The number of halogens is 2. The molecule has 1 aromatic heterocycles. The molecule has 3 nitrogen and oxygen atoms in total. The van der Waals surface area contributed by atoms with Crippen LogP contribution in [0.15, 0.2) is 9.98 Å². The first kappa shape index (κ1) is 12.4. The van der Waals surface area contributed by atoms with Gasteiger partial charge in [0, 0.05) is 19.1 Å². The largest absolute Gasteiger partial charge is 0.326 e. The van der Waals surface area contributed by atoms with Crippen molar-refractivity contribution in [1.29, 1.82) is 0 Å². The molecule has 0 bridgehead atoms. The van der Waals surface area contributed by atoms with Crippen LogP contribution in [0.5, 0.6) is 0 Å². The Balaban J connectivity index is 0.000000980. The van der Waals surface area contributed by atoms with E-state index in [0.717, 1.165) is 29.8 Å². The van der Waals surface area contributed by atoms with E-state index in [1.807, 2.05) is 6.20 Å². The summed E-state index contributed by atoms with van der Waals surface area (Å²) in [6.45, 7) is 3.07. The Morgan fingerprint density at radius 1 is 1.71 bits per heavy atom. The molecule has 80 valence electrons. The van der Waals surface area contributed by atoms with E-state index in [1.165, 1.54) is 5.01 Å². The topological polar surface area (TPSA) is 42.1 Å². The molecule has 0 spiro atoms. The van der Waals surface area contributed by atoms with E-state index in [-0.39, 0.29) is 12.4 Å². The van der Waals surface area contributed by atoms with Gasteiger partial charge in [-0.2, -0.15) is 0 Å². The van der Waals surface area contributed by atoms with E-state index >= 15 is 0 Å². The summed E-state index contributed by atoms with van der Waals surface area (Å²) in [5.74, 6) is 0. The lowest BCUT2D eigenvalue weighted by Gasteiger charge is -2.12. The predicted octanol–water partition coefficient (Wildman–Crippen LogP) is 1.86. The molecule has 6 heteroatoms. The minimum absolute atomic E-state index is 0. The second-order valence-corrected chi connectivity index (χ2v) is 5.84. The van der Waals surface area contributed by atoms with Crippen LogP contribution in [0.3, 0.4) is 0 Å². The van der Waals surface area contributed by atoms with Crippen molar-refractivity contribution in [3.8, 4) is 0 Å². The van der Waals surface area contributed by atoms with E-state index in [2.05, 4.69) is 25.8 Å². The molecule has 0 radical (unpaired) electrons. The Morgan fingerprint density at radius 3 is 3.00 bits per heavy atom. The molecule has 1 atom stereocenters. The van der Waals surface area contributed by atoms with Gasteiger partial charge >= 0.3 is 0 Å². The van der Waals surface area contributed by atoms with Gasteiger partial charge < -0.3 is 5.73 Å². The third-order valence-electron chi connectivity index (χ3n) is 2.19. The molecular weight excluding hydrogens is 286 g/mol. The zero-order valence-electron chi connectivity index (χ0n) is 7.65. The number of nitrogens with zero attached hydrogens (tertiary/aromatic N) is 2. The first-order chi connectivity index (χ1) is 6.24. The molecule has 2 N–H and O–H groups in total. The van der Waals surface area contributed by atoms with Gasteiger partial charge in [-0.1, -0.05) is 0 Å². The second kappa shape index (κ2) is 5.42. The van der Waals surface area contributed by atoms with E-state index < -0.39 is 0 Å². The van der Waals surface area contributed by atoms with E-state index in [4.69, 9.17) is 5.73 Å². The van der Waals surface area contributed by atoms with E-state index in [1.54, 1.807) is 11.3 Å². The molecule has 1 saturated heterocycles. The molecule has 0 aliphatic carbocycles. The Bertz CT molecular complexity index is 294. The lowest BCUT2D eigenvalue weighted by Crippen LogP contribution is -2.26. The zero-order chi connectivity index (χ0) is 9.26. The summed E-state index contributed by atoms with van der Waals surface area (Å²) in [5.41, 5.74) is 5.82. The van der Waals surface area contributed by atoms with Crippen LogP contribution in [0, 0.1) is 0 Å². The van der Waals surface area contributed by atoms with Crippen LogP contribution in [-0.4, -0.2) is 29.0 Å². The van der Waals surface area contributed by atoms with Crippen LogP contribution in [0.2, 0.25) is 0 Å². The SMILES string of the molecule is Cl.NC1CCN(Cc2ncc(Br)s2)C1. The van der Waals surface area contributed by atoms with Gasteiger partial charge in [-0.3, -0.25) is 4.90 Å². The van der Waals surface area contributed by atoms with Crippen molar-refractivity contribution in [2.75, 3.05) is 13.1 Å². The van der Waals surface area contributed by atoms with Crippen molar-refractivity contribution in [1.82, 2.24) is 9.88 Å². The zero-order valence-corrected chi connectivity index (χ0v) is 10.9. The van der Waals surface area contributed by atoms with Gasteiger partial charge in [0.25, 0.3) is 0 Å². The number of hydrogen-bond acceptors (Lipinski definition) is 4. The minimum Gasteiger partial charge on any atom is -0.326 e. The smallest absolute Gasteiger partial charge is 0.108 e. The number of thiazole rings is 1. The maximum atomic E-state index is 5.82. The highest BCUT2D eigenvalue weighted by Crippen LogP contribution is 2.21. The van der Waals surface area contributed by atoms with Gasteiger partial charge in [0.1, 0.15) is 5.01 Å². The van der Waals surface area contributed by atoms with Gasteiger partial charge in [0.15, 0.2) is 0 Å². The molecule has 0 amide bonds. The van der Waals surface area contributed by atoms with Gasteiger partial charge in [-0.05, 0) is 22.4 Å². The molecule has 2 rings (SSSR count). The average molecular weight is 299 g/mol. The lowest BCUT2D eigenvalue weighted by molar-refractivity contribution is 0.326. The van der Waals surface area contributed by atoms with Crippen molar-refractivity contribution in [3.05, 3.63) is 15.0 Å². The lowest BCUT2D eigenvalue weighted by atomic mass is 10.3. The molecule has 0 aromatic carbocycles. The Labute approximate surface area is 102 Å². The summed E-state index contributed by atoms with van der Waals surface area (Å²) >= 11 is 5.11. The van der Waals surface area contributed by atoms with Crippen molar-refractivity contribution in [2.24, 2.45) is 5.73 Å². The molecule has 14 heavy (non-hydrogen) atoms. The summed E-state index contributed by atoms with van der Waals surface area (Å²) < 4.78 is 1.10. The fourth-order valence-electron chi connectivity index (χ4n) is 1.56. The molecule has 2 heterocycles. The number of nitrogens with two attached hydrogens (primary N) is 1. The van der Waals surface area contributed by atoms with Crippen LogP contribution < -0.4 is 5.73 Å². The van der Waals surface area contributed by atoms with E-state index in [9.17, 15) is 0 Å². The van der Waals surface area contributed by atoms with Crippen LogP contribution in [0.4, 0.5) is 0 Å². The quantitative estimate of drug-likeness (QED) is 0.906. The molecule has 1 aromatic rings. The number of rotatable bonds is 2. The van der Waals surface area contributed by atoms with Crippen LogP contribution in [-0.2, 0) is 6.54 Å². The first-order valence-corrected chi connectivity index (χ1v) is 5.93. The van der Waals surface area contributed by atoms with Crippen molar-refractivity contribution in [3.63, 3.8) is 0 Å². The third-order valence-corrected chi connectivity index (χ3v) is 3.65. The predicted molar refractivity (Wildman–Crippen MR) is 64.9 cm³/mol. The summed E-state index contributed by atoms with van der Waals surface area (Å²) in [6.07, 6.45) is 2.97. The monoisotopic (exact) mass is 297 g/mol. The summed E-state index contributed by atoms with van der Waals surface area (Å²) in [5, 5.41) is 1.17. The summed E-state index contributed by atoms with van der Waals surface area (Å²) in [7, 11) is 0. The van der Waals surface area contributed by atoms with Crippen molar-refractivity contribution < 1.29 is 0 Å². The molecule has 0 saturated carbocycles. The maximum Gasteiger partial charge on any atom is 0.108 e. The maximum absolute atomic E-state index is 5.82. The van der Waals surface area contributed by atoms with Gasteiger partial charge in [0.2, 0.25) is 0 Å². The van der Waals surface area contributed by atoms with E-state index in [0.29, 0.717) is 6.04 Å². The third kappa shape index (κ3) is 3.17. The second-order valence-electron chi connectivity index (χ2n) is 3.34. The fraction of sp³-hybridized carbons (Fsp3) is 0.625. The van der Waals surface area contributed by atoms with Crippen LogP contribution in [0.1, 0.15) is 11.4 Å². The van der Waals surface area contributed by atoms with Crippen LogP contribution >= 0.6 is 39.7 Å². The molecule has 1 aliphatic rings. The van der Waals surface area contributed by atoms with Crippen LogP contribution in [0.25, 0.3) is 0 Å². The average Bonchev–Trinajstić information content (AvgIpc) is 2.62. The normalized spacial score (nSPS) is 22.3. The minimum atomic E-state index is 0. The highest BCUT2D eigenvalue weighted by atomic mass is 79.9. The summed E-state index contributed by atoms with van der Waals surface area (Å²) in [6, 6.07) is 0.364. The van der Waals surface area contributed by atoms with Crippen molar-refractivity contribution in [2.45, 2.75) is 19.0 Å². The molecule has 1 unspecified atom stereocenters. The number of aromatic nitrogens is 1. The fourth-order valence-corrected chi connectivity index (χ4v) is 2.90. The molecule has 1 fully saturated rings. The first-order valence-electron chi connectivity index (χ1n) is 4.32. The highest BCUT2D eigenvalue weighted by molar-refractivity contribution is 9.11. The Hall–Kier alpha value is 0.320. The molecule has 1 aliphatic heterocycles.